The topological polar surface area (TPSA) is 40.6 Å². The number of hydrogen-bond donors (Lipinski definition) is 0. The third-order valence-electron chi connectivity index (χ3n) is 5.41. The Labute approximate surface area is 171 Å². The Morgan fingerprint density at radius 1 is 1.00 bits per heavy atom. The second kappa shape index (κ2) is 10.5. The van der Waals surface area contributed by atoms with Crippen molar-refractivity contribution in [3.05, 3.63) is 34.9 Å². The number of carbonyl (C=O) groups is 2. The number of thioether (sulfide) groups is 1. The van der Waals surface area contributed by atoms with Gasteiger partial charge in [0.2, 0.25) is 5.91 Å². The zero-order valence-corrected chi connectivity index (χ0v) is 17.4. The monoisotopic (exact) mass is 408 g/mol. The molecule has 3 rings (SSSR count). The van der Waals surface area contributed by atoms with Crippen molar-refractivity contribution >= 4 is 35.1 Å². The Kier molecular flexibility index (Phi) is 8.04. The average Bonchev–Trinajstić information content (AvgIpc) is 2.93. The van der Waals surface area contributed by atoms with Crippen LogP contribution in [-0.2, 0) is 4.79 Å². The summed E-state index contributed by atoms with van der Waals surface area (Å²) in [6, 6.07) is 7.18. The predicted molar refractivity (Wildman–Crippen MR) is 113 cm³/mol. The van der Waals surface area contributed by atoms with E-state index in [1.807, 2.05) is 11.8 Å². The summed E-state index contributed by atoms with van der Waals surface area (Å²) < 4.78 is 0. The molecule has 0 spiro atoms. The number of likely N-dealkylation sites (tertiary alicyclic amines) is 1. The van der Waals surface area contributed by atoms with E-state index in [9.17, 15) is 9.59 Å². The molecule has 0 radical (unpaired) electrons. The van der Waals surface area contributed by atoms with Gasteiger partial charge in [-0.2, -0.15) is 11.8 Å². The van der Waals surface area contributed by atoms with E-state index in [0.717, 1.165) is 44.1 Å². The first-order chi connectivity index (χ1) is 13.1. The molecule has 27 heavy (non-hydrogen) atoms. The molecule has 1 aromatic carbocycles. The second-order valence-corrected chi connectivity index (χ2v) is 9.05. The minimum absolute atomic E-state index is 0.0109. The highest BCUT2D eigenvalue weighted by atomic mass is 35.5. The Bertz CT molecular complexity index is 632. The van der Waals surface area contributed by atoms with Crippen LogP contribution in [0.25, 0.3) is 0 Å². The summed E-state index contributed by atoms with van der Waals surface area (Å²) in [5, 5.41) is 0.616. The number of Topliss-reactive ketones (excluding diaryl/α,β-unsaturated/α-hetero) is 1. The van der Waals surface area contributed by atoms with Crippen LogP contribution in [0.4, 0.5) is 0 Å². The van der Waals surface area contributed by atoms with Crippen LogP contribution in [-0.4, -0.2) is 65.2 Å². The zero-order valence-electron chi connectivity index (χ0n) is 15.9. The molecule has 4 nitrogen and oxygen atoms in total. The maximum absolute atomic E-state index is 12.9. The summed E-state index contributed by atoms with van der Waals surface area (Å²) in [4.78, 5) is 29.9. The Hall–Kier alpha value is -1.04. The molecule has 2 saturated heterocycles. The maximum Gasteiger partial charge on any atom is 0.223 e. The second-order valence-electron chi connectivity index (χ2n) is 7.46. The molecule has 2 fully saturated rings. The van der Waals surface area contributed by atoms with Crippen LogP contribution in [0.2, 0.25) is 5.02 Å². The molecule has 0 saturated carbocycles. The Balaban J connectivity index is 1.56. The molecular weight excluding hydrogens is 380 g/mol. The number of benzene rings is 1. The summed E-state index contributed by atoms with van der Waals surface area (Å²) in [6.07, 6.45) is 5.46. The minimum atomic E-state index is 0.0109. The number of hydrogen-bond acceptors (Lipinski definition) is 4. The molecule has 2 aliphatic rings. The van der Waals surface area contributed by atoms with Gasteiger partial charge in [0.25, 0.3) is 0 Å². The molecule has 2 heterocycles. The lowest BCUT2D eigenvalue weighted by molar-refractivity contribution is -0.133. The molecule has 2 aliphatic heterocycles. The molecule has 148 valence electrons. The first-order valence-corrected chi connectivity index (χ1v) is 11.5. The van der Waals surface area contributed by atoms with Gasteiger partial charge in [0.05, 0.1) is 6.04 Å². The van der Waals surface area contributed by atoms with Crippen molar-refractivity contribution in [1.29, 1.82) is 0 Å². The number of nitrogens with zero attached hydrogens (tertiary/aromatic N) is 2. The van der Waals surface area contributed by atoms with Gasteiger partial charge in [0.15, 0.2) is 5.78 Å². The number of rotatable bonds is 6. The molecular formula is C21H29ClN2O2S. The fourth-order valence-corrected chi connectivity index (χ4v) is 5.08. The highest BCUT2D eigenvalue weighted by Gasteiger charge is 2.28. The van der Waals surface area contributed by atoms with E-state index in [4.69, 9.17) is 11.6 Å². The van der Waals surface area contributed by atoms with E-state index >= 15 is 0 Å². The van der Waals surface area contributed by atoms with Crippen molar-refractivity contribution in [3.8, 4) is 0 Å². The normalized spacial score (nSPS) is 21.7. The molecule has 6 heteroatoms. The van der Waals surface area contributed by atoms with Crippen molar-refractivity contribution in [2.24, 2.45) is 0 Å². The highest BCUT2D eigenvalue weighted by Crippen LogP contribution is 2.21. The summed E-state index contributed by atoms with van der Waals surface area (Å²) in [7, 11) is 0. The number of halogens is 1. The number of ketones is 1. The lowest BCUT2D eigenvalue weighted by Crippen LogP contribution is -2.49. The molecule has 0 N–H and O–H groups in total. The van der Waals surface area contributed by atoms with Gasteiger partial charge in [-0.3, -0.25) is 9.59 Å². The Morgan fingerprint density at radius 2 is 1.74 bits per heavy atom. The van der Waals surface area contributed by atoms with E-state index in [2.05, 4.69) is 9.80 Å². The summed E-state index contributed by atoms with van der Waals surface area (Å²) in [6.45, 7) is 4.10. The van der Waals surface area contributed by atoms with Crippen molar-refractivity contribution < 1.29 is 9.59 Å². The van der Waals surface area contributed by atoms with E-state index in [1.165, 1.54) is 19.3 Å². The highest BCUT2D eigenvalue weighted by molar-refractivity contribution is 7.99. The van der Waals surface area contributed by atoms with Gasteiger partial charge in [-0.25, -0.2) is 0 Å². The molecule has 1 amide bonds. The lowest BCUT2D eigenvalue weighted by atomic mass is 10.1. The quantitative estimate of drug-likeness (QED) is 0.664. The first kappa shape index (κ1) is 20.7. The van der Waals surface area contributed by atoms with Crippen LogP contribution in [0.15, 0.2) is 24.3 Å². The van der Waals surface area contributed by atoms with Gasteiger partial charge in [-0.1, -0.05) is 18.0 Å². The smallest absolute Gasteiger partial charge is 0.223 e. The van der Waals surface area contributed by atoms with E-state index in [1.54, 1.807) is 24.3 Å². The molecule has 0 aromatic heterocycles. The van der Waals surface area contributed by atoms with Crippen LogP contribution in [0, 0.1) is 0 Å². The van der Waals surface area contributed by atoms with E-state index in [0.29, 0.717) is 17.0 Å². The third kappa shape index (κ3) is 6.23. The minimum Gasteiger partial charge on any atom is -0.338 e. The molecule has 0 aliphatic carbocycles. The van der Waals surface area contributed by atoms with Crippen LogP contribution >= 0.6 is 23.4 Å². The van der Waals surface area contributed by atoms with Gasteiger partial charge >= 0.3 is 0 Å². The first-order valence-electron chi connectivity index (χ1n) is 10.0. The SMILES string of the molecule is O=C(CCC(=O)N1CCCSCC1CN1CCCCC1)c1ccc(Cl)cc1. The van der Waals surface area contributed by atoms with Gasteiger partial charge in [-0.15, -0.1) is 0 Å². The van der Waals surface area contributed by atoms with Crippen LogP contribution in [0.1, 0.15) is 48.9 Å². The van der Waals surface area contributed by atoms with Crippen molar-refractivity contribution in [2.75, 3.05) is 37.7 Å². The van der Waals surface area contributed by atoms with Gasteiger partial charge < -0.3 is 9.80 Å². The largest absolute Gasteiger partial charge is 0.338 e. The van der Waals surface area contributed by atoms with Crippen molar-refractivity contribution in [1.82, 2.24) is 9.80 Å². The molecule has 0 bridgehead atoms. The summed E-state index contributed by atoms with van der Waals surface area (Å²) >= 11 is 7.84. The third-order valence-corrected chi connectivity index (χ3v) is 6.86. The van der Waals surface area contributed by atoms with Crippen molar-refractivity contribution in [2.45, 2.75) is 44.6 Å². The summed E-state index contributed by atoms with van der Waals surface area (Å²) in [5.41, 5.74) is 0.628. The average molecular weight is 409 g/mol. The lowest BCUT2D eigenvalue weighted by Gasteiger charge is -2.35. The fourth-order valence-electron chi connectivity index (χ4n) is 3.89. The van der Waals surface area contributed by atoms with Crippen LogP contribution in [0.3, 0.4) is 0 Å². The van der Waals surface area contributed by atoms with Gasteiger partial charge in [0, 0.05) is 42.3 Å². The van der Waals surface area contributed by atoms with Gasteiger partial charge in [-0.05, 0) is 62.4 Å². The molecule has 1 unspecified atom stereocenters. The zero-order chi connectivity index (χ0) is 19.1. The van der Waals surface area contributed by atoms with Crippen LogP contribution < -0.4 is 0 Å². The Morgan fingerprint density at radius 3 is 2.48 bits per heavy atom. The van der Waals surface area contributed by atoms with Crippen LogP contribution in [0.5, 0.6) is 0 Å². The fraction of sp³-hybridized carbons (Fsp3) is 0.619. The predicted octanol–water partition coefficient (Wildman–Crippen LogP) is 4.12. The maximum atomic E-state index is 12.9. The standard InChI is InChI=1S/C21H29ClN2O2S/c22-18-7-5-17(6-8-18)20(25)9-10-21(26)24-13-4-14-27-16-19(24)15-23-11-2-1-3-12-23/h5-8,19H,1-4,9-16H2. The number of piperidine rings is 1. The number of carbonyl (C=O) groups excluding carboxylic acids is 2. The van der Waals surface area contributed by atoms with E-state index in [-0.39, 0.29) is 24.2 Å². The van der Waals surface area contributed by atoms with E-state index < -0.39 is 0 Å². The molecule has 1 aromatic rings. The molecule has 1 atom stereocenters. The van der Waals surface area contributed by atoms with Crippen molar-refractivity contribution in [3.63, 3.8) is 0 Å². The van der Waals surface area contributed by atoms with Gasteiger partial charge in [0.1, 0.15) is 0 Å². The number of amides is 1. The summed E-state index contributed by atoms with van der Waals surface area (Å²) in [5.74, 6) is 2.26.